The van der Waals surface area contributed by atoms with Gasteiger partial charge < -0.3 is 15.4 Å². The first-order chi connectivity index (χ1) is 11.1. The first kappa shape index (κ1) is 19.4. The summed E-state index contributed by atoms with van der Waals surface area (Å²) in [6, 6.07) is 3.39. The number of alkyl carbamates (subject to hydrolysis) is 1. The lowest BCUT2D eigenvalue weighted by Gasteiger charge is -2.19. The first-order valence-electron chi connectivity index (χ1n) is 7.24. The van der Waals surface area contributed by atoms with Gasteiger partial charge in [0, 0.05) is 19.5 Å². The van der Waals surface area contributed by atoms with Gasteiger partial charge in [-0.2, -0.15) is 5.26 Å². The van der Waals surface area contributed by atoms with Gasteiger partial charge in [0.1, 0.15) is 28.9 Å². The van der Waals surface area contributed by atoms with Crippen molar-refractivity contribution in [1.29, 1.82) is 5.26 Å². The van der Waals surface area contributed by atoms with Crippen LogP contribution in [0.5, 0.6) is 0 Å². The molecule has 0 aliphatic carbocycles. The molecule has 2 amide bonds. The van der Waals surface area contributed by atoms with Crippen molar-refractivity contribution in [3.63, 3.8) is 0 Å². The number of benzene rings is 1. The zero-order valence-electron chi connectivity index (χ0n) is 13.7. The van der Waals surface area contributed by atoms with E-state index in [4.69, 9.17) is 10.00 Å². The molecule has 130 valence electrons. The molecule has 0 saturated heterocycles. The zero-order chi connectivity index (χ0) is 18.3. The molecule has 0 atom stereocenters. The van der Waals surface area contributed by atoms with Crippen LogP contribution in [0.25, 0.3) is 0 Å². The van der Waals surface area contributed by atoms with Crippen LogP contribution in [0.15, 0.2) is 12.1 Å². The third kappa shape index (κ3) is 6.60. The number of hydrogen-bond donors (Lipinski definition) is 2. The maximum absolute atomic E-state index is 13.4. The first-order valence-corrected chi connectivity index (χ1v) is 7.24. The summed E-state index contributed by atoms with van der Waals surface area (Å²) in [5.74, 6) is -2.36. The molecule has 6 nitrogen and oxygen atoms in total. The van der Waals surface area contributed by atoms with Crippen LogP contribution in [0.3, 0.4) is 0 Å². The molecule has 0 saturated carbocycles. The lowest BCUT2D eigenvalue weighted by atomic mass is 10.1. The van der Waals surface area contributed by atoms with Gasteiger partial charge in [-0.1, -0.05) is 0 Å². The summed E-state index contributed by atoms with van der Waals surface area (Å²) in [6.45, 7) is 5.13. The minimum atomic E-state index is -0.978. The Labute approximate surface area is 138 Å². The van der Waals surface area contributed by atoms with Gasteiger partial charge in [0.25, 0.3) is 0 Å². The summed E-state index contributed by atoms with van der Waals surface area (Å²) in [7, 11) is 0. The van der Waals surface area contributed by atoms with E-state index in [1.807, 2.05) is 0 Å². The van der Waals surface area contributed by atoms with Crippen LogP contribution in [0.1, 0.15) is 38.3 Å². The Kier molecular flexibility index (Phi) is 6.65. The van der Waals surface area contributed by atoms with Crippen molar-refractivity contribution in [2.45, 2.75) is 39.3 Å². The van der Waals surface area contributed by atoms with E-state index in [1.165, 1.54) is 6.07 Å². The summed E-state index contributed by atoms with van der Waals surface area (Å²) in [5, 5.41) is 13.5. The van der Waals surface area contributed by atoms with E-state index in [-0.39, 0.29) is 25.1 Å². The molecule has 24 heavy (non-hydrogen) atoms. The van der Waals surface area contributed by atoms with Crippen molar-refractivity contribution in [1.82, 2.24) is 10.6 Å². The molecule has 0 heterocycles. The molecule has 8 heteroatoms. The zero-order valence-corrected chi connectivity index (χ0v) is 13.7. The summed E-state index contributed by atoms with van der Waals surface area (Å²) in [6.07, 6.45) is -0.646. The van der Waals surface area contributed by atoms with Crippen molar-refractivity contribution in [2.75, 3.05) is 6.54 Å². The molecule has 0 aromatic heterocycles. The van der Waals surface area contributed by atoms with Crippen LogP contribution >= 0.6 is 0 Å². The minimum absolute atomic E-state index is 0.0134. The summed E-state index contributed by atoms with van der Waals surface area (Å²) in [5.41, 5.74) is -1.10. The molecule has 1 rings (SSSR count). The highest BCUT2D eigenvalue weighted by molar-refractivity contribution is 5.77. The van der Waals surface area contributed by atoms with Crippen LogP contribution in [-0.2, 0) is 16.1 Å². The Morgan fingerprint density at radius 2 is 1.79 bits per heavy atom. The quantitative estimate of drug-likeness (QED) is 0.861. The smallest absolute Gasteiger partial charge is 0.407 e. The second kappa shape index (κ2) is 8.24. The van der Waals surface area contributed by atoms with Gasteiger partial charge in [0.15, 0.2) is 0 Å². The Balaban J connectivity index is 2.40. The van der Waals surface area contributed by atoms with Crippen molar-refractivity contribution in [3.8, 4) is 6.07 Å². The number of hydrogen-bond acceptors (Lipinski definition) is 4. The van der Waals surface area contributed by atoms with Gasteiger partial charge >= 0.3 is 6.09 Å². The number of carbonyl (C=O) groups is 2. The number of halogens is 2. The van der Waals surface area contributed by atoms with Crippen LogP contribution in [-0.4, -0.2) is 24.1 Å². The van der Waals surface area contributed by atoms with E-state index < -0.39 is 34.8 Å². The molecule has 0 bridgehead atoms. The number of nitriles is 1. The lowest BCUT2D eigenvalue weighted by molar-refractivity contribution is -0.121. The molecule has 0 fully saturated rings. The van der Waals surface area contributed by atoms with Gasteiger partial charge in [-0.25, -0.2) is 13.6 Å². The lowest BCUT2D eigenvalue weighted by Crippen LogP contribution is -2.35. The number of rotatable bonds is 5. The van der Waals surface area contributed by atoms with E-state index in [0.717, 1.165) is 12.1 Å². The standard InChI is InChI=1S/C16H19F2N3O3/c1-16(2,3)24-15(23)20-5-4-14(22)21-9-10-6-12(17)11(8-19)13(18)7-10/h6-7H,4-5,9H2,1-3H3,(H,20,23)(H,21,22). The molecule has 1 aromatic carbocycles. The average molecular weight is 339 g/mol. The van der Waals surface area contributed by atoms with Crippen molar-refractivity contribution < 1.29 is 23.1 Å². The van der Waals surface area contributed by atoms with E-state index in [2.05, 4.69) is 10.6 Å². The van der Waals surface area contributed by atoms with Crippen LogP contribution < -0.4 is 10.6 Å². The Morgan fingerprint density at radius 1 is 1.21 bits per heavy atom. The van der Waals surface area contributed by atoms with Crippen molar-refractivity contribution in [2.24, 2.45) is 0 Å². The van der Waals surface area contributed by atoms with Gasteiger partial charge in [-0.15, -0.1) is 0 Å². The van der Waals surface area contributed by atoms with Gasteiger partial charge in [-0.05, 0) is 38.5 Å². The Morgan fingerprint density at radius 3 is 2.29 bits per heavy atom. The Bertz CT molecular complexity index is 641. The molecule has 0 unspecified atom stereocenters. The maximum Gasteiger partial charge on any atom is 0.407 e. The third-order valence-electron chi connectivity index (χ3n) is 2.72. The van der Waals surface area contributed by atoms with Crippen molar-refractivity contribution in [3.05, 3.63) is 34.9 Å². The second-order valence-corrected chi connectivity index (χ2v) is 6.00. The molecule has 2 N–H and O–H groups in total. The van der Waals surface area contributed by atoms with E-state index >= 15 is 0 Å². The summed E-state index contributed by atoms with van der Waals surface area (Å²) >= 11 is 0. The maximum atomic E-state index is 13.4. The van der Waals surface area contributed by atoms with Gasteiger partial charge in [-0.3, -0.25) is 4.79 Å². The second-order valence-electron chi connectivity index (χ2n) is 6.00. The fourth-order valence-corrected chi connectivity index (χ4v) is 1.72. The summed E-state index contributed by atoms with van der Waals surface area (Å²) in [4.78, 5) is 23.0. The minimum Gasteiger partial charge on any atom is -0.444 e. The molecule has 0 spiro atoms. The van der Waals surface area contributed by atoms with Crippen LogP contribution in [0, 0.1) is 23.0 Å². The Hall–Kier alpha value is -2.69. The largest absolute Gasteiger partial charge is 0.444 e. The molecule has 0 aliphatic heterocycles. The fourth-order valence-electron chi connectivity index (χ4n) is 1.72. The predicted molar refractivity (Wildman–Crippen MR) is 81.8 cm³/mol. The van der Waals surface area contributed by atoms with Gasteiger partial charge in [0.2, 0.25) is 5.91 Å². The predicted octanol–water partition coefficient (Wildman–Crippen LogP) is 2.37. The molecule has 0 aliphatic rings. The van der Waals surface area contributed by atoms with E-state index in [1.54, 1.807) is 20.8 Å². The molecular formula is C16H19F2N3O3. The van der Waals surface area contributed by atoms with E-state index in [9.17, 15) is 18.4 Å². The SMILES string of the molecule is CC(C)(C)OC(=O)NCCC(=O)NCc1cc(F)c(C#N)c(F)c1. The van der Waals surface area contributed by atoms with E-state index in [0.29, 0.717) is 0 Å². The normalized spacial score (nSPS) is 10.7. The number of amides is 2. The number of nitrogens with zero attached hydrogens (tertiary/aromatic N) is 1. The highest BCUT2D eigenvalue weighted by Crippen LogP contribution is 2.14. The molecule has 1 aromatic rings. The number of carbonyl (C=O) groups excluding carboxylic acids is 2. The third-order valence-corrected chi connectivity index (χ3v) is 2.72. The summed E-state index contributed by atoms with van der Waals surface area (Å²) < 4.78 is 31.9. The van der Waals surface area contributed by atoms with Crippen molar-refractivity contribution >= 4 is 12.0 Å². The highest BCUT2D eigenvalue weighted by atomic mass is 19.1. The van der Waals surface area contributed by atoms with Crippen LogP contribution in [0.2, 0.25) is 0 Å². The number of ether oxygens (including phenoxy) is 1. The monoisotopic (exact) mass is 339 g/mol. The number of nitrogens with one attached hydrogen (secondary N) is 2. The highest BCUT2D eigenvalue weighted by Gasteiger charge is 2.16. The molecular weight excluding hydrogens is 320 g/mol. The van der Waals surface area contributed by atoms with Gasteiger partial charge in [0.05, 0.1) is 0 Å². The molecule has 0 radical (unpaired) electrons. The average Bonchev–Trinajstić information content (AvgIpc) is 2.43. The topological polar surface area (TPSA) is 91.2 Å². The fraction of sp³-hybridized carbons (Fsp3) is 0.438. The van der Waals surface area contributed by atoms with Crippen LogP contribution in [0.4, 0.5) is 13.6 Å².